The van der Waals surface area contributed by atoms with Crippen LogP contribution in [0.3, 0.4) is 0 Å². The molecule has 5 nitrogen and oxygen atoms in total. The van der Waals surface area contributed by atoms with Gasteiger partial charge in [0, 0.05) is 22.1 Å². The predicted molar refractivity (Wildman–Crippen MR) is 80.2 cm³/mol. The third-order valence-electron chi connectivity index (χ3n) is 2.85. The van der Waals surface area contributed by atoms with Gasteiger partial charge in [-0.2, -0.15) is 0 Å². The highest BCUT2D eigenvalue weighted by molar-refractivity contribution is 7.15. The number of fused-ring (bicyclic) bond motifs is 1. The molecule has 0 aliphatic heterocycles. The van der Waals surface area contributed by atoms with Gasteiger partial charge in [0.25, 0.3) is 0 Å². The number of carbonyl (C=O) groups excluding carboxylic acids is 1. The highest BCUT2D eigenvalue weighted by Gasteiger charge is 2.10. The van der Waals surface area contributed by atoms with Crippen molar-refractivity contribution in [3.8, 4) is 0 Å². The van der Waals surface area contributed by atoms with Crippen molar-refractivity contribution in [2.45, 2.75) is 13.5 Å². The Morgan fingerprint density at radius 1 is 1.40 bits per heavy atom. The first-order valence-electron chi connectivity index (χ1n) is 5.97. The van der Waals surface area contributed by atoms with Gasteiger partial charge in [-0.3, -0.25) is 10.1 Å². The van der Waals surface area contributed by atoms with E-state index in [1.165, 1.54) is 11.3 Å². The third-order valence-corrected chi connectivity index (χ3v) is 3.93. The molecule has 3 rings (SSSR count). The smallest absolute Gasteiger partial charge is 0.246 e. The van der Waals surface area contributed by atoms with E-state index in [9.17, 15) is 4.79 Å². The SMILES string of the molecule is Cc1nnc(NC(=O)Cn2ccc3c(Cl)cccc32)s1. The maximum Gasteiger partial charge on any atom is 0.246 e. The number of rotatable bonds is 3. The Kier molecular flexibility index (Phi) is 3.42. The van der Waals surface area contributed by atoms with Crippen LogP contribution in [0.5, 0.6) is 0 Å². The number of aromatic nitrogens is 3. The molecule has 0 saturated carbocycles. The second-order valence-corrected chi connectivity index (χ2v) is 5.88. The first-order valence-corrected chi connectivity index (χ1v) is 7.16. The molecule has 2 heterocycles. The van der Waals surface area contributed by atoms with Crippen LogP contribution in [0.4, 0.5) is 5.13 Å². The molecule has 102 valence electrons. The van der Waals surface area contributed by atoms with Crippen molar-refractivity contribution in [2.24, 2.45) is 0 Å². The first-order chi connectivity index (χ1) is 9.63. The maximum absolute atomic E-state index is 12.0. The minimum Gasteiger partial charge on any atom is -0.338 e. The lowest BCUT2D eigenvalue weighted by Gasteiger charge is -2.05. The van der Waals surface area contributed by atoms with Crippen LogP contribution in [0.25, 0.3) is 10.9 Å². The molecule has 3 aromatic rings. The van der Waals surface area contributed by atoms with Crippen molar-refractivity contribution >= 4 is 44.9 Å². The molecule has 0 spiro atoms. The van der Waals surface area contributed by atoms with Gasteiger partial charge in [0.1, 0.15) is 11.6 Å². The molecule has 2 aromatic heterocycles. The van der Waals surface area contributed by atoms with E-state index in [0.717, 1.165) is 15.9 Å². The normalized spacial score (nSPS) is 10.9. The molecule has 0 unspecified atom stereocenters. The number of hydrogen-bond acceptors (Lipinski definition) is 4. The Hall–Kier alpha value is -1.92. The van der Waals surface area contributed by atoms with E-state index in [0.29, 0.717) is 10.2 Å². The molecule has 0 radical (unpaired) electrons. The Labute approximate surface area is 124 Å². The van der Waals surface area contributed by atoms with Gasteiger partial charge in [0.2, 0.25) is 11.0 Å². The zero-order valence-corrected chi connectivity index (χ0v) is 12.2. The van der Waals surface area contributed by atoms with Crippen molar-refractivity contribution in [1.29, 1.82) is 0 Å². The molecule has 1 amide bonds. The molecular formula is C13H11ClN4OS. The zero-order valence-electron chi connectivity index (χ0n) is 10.6. The lowest BCUT2D eigenvalue weighted by atomic mass is 10.2. The van der Waals surface area contributed by atoms with E-state index in [2.05, 4.69) is 15.5 Å². The van der Waals surface area contributed by atoms with Crippen molar-refractivity contribution in [2.75, 3.05) is 5.32 Å². The van der Waals surface area contributed by atoms with Gasteiger partial charge in [-0.15, -0.1) is 10.2 Å². The molecule has 0 bridgehead atoms. The number of amides is 1. The van der Waals surface area contributed by atoms with Gasteiger partial charge in [-0.05, 0) is 25.1 Å². The van der Waals surface area contributed by atoms with Gasteiger partial charge >= 0.3 is 0 Å². The molecule has 0 aliphatic carbocycles. The van der Waals surface area contributed by atoms with E-state index < -0.39 is 0 Å². The first kappa shape index (κ1) is 13.1. The van der Waals surface area contributed by atoms with Gasteiger partial charge in [0.05, 0.1) is 0 Å². The molecule has 20 heavy (non-hydrogen) atoms. The van der Waals surface area contributed by atoms with Crippen LogP contribution in [-0.4, -0.2) is 20.7 Å². The fourth-order valence-electron chi connectivity index (χ4n) is 1.98. The Morgan fingerprint density at radius 2 is 2.25 bits per heavy atom. The van der Waals surface area contributed by atoms with Crippen LogP contribution >= 0.6 is 22.9 Å². The van der Waals surface area contributed by atoms with E-state index in [1.54, 1.807) is 0 Å². The van der Waals surface area contributed by atoms with Crippen LogP contribution in [0, 0.1) is 6.92 Å². The Balaban J connectivity index is 1.79. The van der Waals surface area contributed by atoms with Crippen LogP contribution in [0.2, 0.25) is 5.02 Å². The quantitative estimate of drug-likeness (QED) is 0.809. The van der Waals surface area contributed by atoms with Gasteiger partial charge in [0.15, 0.2) is 0 Å². The van der Waals surface area contributed by atoms with E-state index in [1.807, 2.05) is 42.0 Å². The molecule has 1 N–H and O–H groups in total. The van der Waals surface area contributed by atoms with Crippen molar-refractivity contribution in [3.63, 3.8) is 0 Å². The summed E-state index contributed by atoms with van der Waals surface area (Å²) in [4.78, 5) is 12.0. The molecule has 7 heteroatoms. The van der Waals surface area contributed by atoms with Crippen molar-refractivity contribution < 1.29 is 4.79 Å². The number of halogens is 1. The van der Waals surface area contributed by atoms with E-state index in [-0.39, 0.29) is 12.5 Å². The maximum atomic E-state index is 12.0. The number of nitrogens with zero attached hydrogens (tertiary/aromatic N) is 3. The van der Waals surface area contributed by atoms with Crippen LogP contribution < -0.4 is 5.32 Å². The third kappa shape index (κ3) is 2.52. The number of aryl methyl sites for hydroxylation is 1. The number of benzene rings is 1. The fraction of sp³-hybridized carbons (Fsp3) is 0.154. The fourth-order valence-corrected chi connectivity index (χ4v) is 2.82. The summed E-state index contributed by atoms with van der Waals surface area (Å²) in [7, 11) is 0. The average Bonchev–Trinajstić information content (AvgIpc) is 2.98. The summed E-state index contributed by atoms with van der Waals surface area (Å²) in [5.41, 5.74) is 0.932. The minimum absolute atomic E-state index is 0.140. The van der Waals surface area contributed by atoms with E-state index in [4.69, 9.17) is 11.6 Å². The lowest BCUT2D eigenvalue weighted by molar-refractivity contribution is -0.116. The summed E-state index contributed by atoms with van der Waals surface area (Å²) in [6.07, 6.45) is 1.85. The second-order valence-electron chi connectivity index (χ2n) is 4.29. The van der Waals surface area contributed by atoms with Gasteiger partial charge in [-0.25, -0.2) is 0 Å². The topological polar surface area (TPSA) is 59.8 Å². The van der Waals surface area contributed by atoms with Gasteiger partial charge in [-0.1, -0.05) is 29.0 Å². The van der Waals surface area contributed by atoms with E-state index >= 15 is 0 Å². The van der Waals surface area contributed by atoms with Gasteiger partial charge < -0.3 is 4.57 Å². The summed E-state index contributed by atoms with van der Waals surface area (Å²) < 4.78 is 1.85. The van der Waals surface area contributed by atoms with Crippen LogP contribution in [-0.2, 0) is 11.3 Å². The largest absolute Gasteiger partial charge is 0.338 e. The number of carbonyl (C=O) groups is 1. The summed E-state index contributed by atoms with van der Waals surface area (Å²) in [6, 6.07) is 7.54. The average molecular weight is 307 g/mol. The summed E-state index contributed by atoms with van der Waals surface area (Å²) in [5.74, 6) is -0.140. The summed E-state index contributed by atoms with van der Waals surface area (Å²) in [6.45, 7) is 2.05. The zero-order chi connectivity index (χ0) is 14.1. The predicted octanol–water partition coefficient (Wildman–Crippen LogP) is 3.09. The summed E-state index contributed by atoms with van der Waals surface area (Å²) >= 11 is 7.46. The molecule has 0 atom stereocenters. The standard InChI is InChI=1S/C13H11ClN4OS/c1-8-16-17-13(20-8)15-12(19)7-18-6-5-9-10(14)3-2-4-11(9)18/h2-6H,7H2,1H3,(H,15,17,19). The molecular weight excluding hydrogens is 296 g/mol. The Bertz CT molecular complexity index is 780. The molecule has 0 aliphatic rings. The minimum atomic E-state index is -0.140. The number of hydrogen-bond donors (Lipinski definition) is 1. The van der Waals surface area contributed by atoms with Crippen LogP contribution in [0.15, 0.2) is 30.5 Å². The monoisotopic (exact) mass is 306 g/mol. The highest BCUT2D eigenvalue weighted by Crippen LogP contribution is 2.24. The second kappa shape index (κ2) is 5.22. The number of nitrogens with one attached hydrogen (secondary N) is 1. The van der Waals surface area contributed by atoms with Crippen molar-refractivity contribution in [3.05, 3.63) is 40.5 Å². The molecule has 1 aromatic carbocycles. The molecule has 0 saturated heterocycles. The van der Waals surface area contributed by atoms with Crippen LogP contribution in [0.1, 0.15) is 5.01 Å². The summed E-state index contributed by atoms with van der Waals surface area (Å²) in [5, 5.41) is 13.4. The Morgan fingerprint density at radius 3 is 3.00 bits per heavy atom. The van der Waals surface area contributed by atoms with Crippen molar-refractivity contribution in [1.82, 2.24) is 14.8 Å². The lowest BCUT2D eigenvalue weighted by Crippen LogP contribution is -2.18. The highest BCUT2D eigenvalue weighted by atomic mass is 35.5. The number of anilines is 1. The molecule has 0 fully saturated rings.